The summed E-state index contributed by atoms with van der Waals surface area (Å²) in [6.07, 6.45) is 7.85. The summed E-state index contributed by atoms with van der Waals surface area (Å²) in [6, 6.07) is 6.12. The molecular formula is C13H12Cl2N2. The zero-order valence-corrected chi connectivity index (χ0v) is 10.7. The molecule has 0 bridgehead atoms. The van der Waals surface area contributed by atoms with Crippen molar-refractivity contribution in [3.05, 3.63) is 52.6 Å². The van der Waals surface area contributed by atoms with Crippen molar-refractivity contribution >= 4 is 35.7 Å². The molecule has 1 aromatic carbocycles. The van der Waals surface area contributed by atoms with Gasteiger partial charge in [-0.2, -0.15) is 0 Å². The van der Waals surface area contributed by atoms with Crippen LogP contribution >= 0.6 is 24.0 Å². The van der Waals surface area contributed by atoms with E-state index in [1.165, 1.54) is 16.7 Å². The highest BCUT2D eigenvalue weighted by atomic mass is 35.5. The van der Waals surface area contributed by atoms with Crippen LogP contribution in [0.5, 0.6) is 0 Å². The second-order valence-electron chi connectivity index (χ2n) is 3.98. The topological polar surface area (TPSA) is 28.7 Å². The van der Waals surface area contributed by atoms with Crippen LogP contribution in [0.1, 0.15) is 23.2 Å². The summed E-state index contributed by atoms with van der Waals surface area (Å²) in [4.78, 5) is 7.11. The Morgan fingerprint density at radius 3 is 2.94 bits per heavy atom. The lowest BCUT2D eigenvalue weighted by molar-refractivity contribution is 1.08. The Hall–Kier alpha value is -1.25. The quantitative estimate of drug-likeness (QED) is 0.832. The van der Waals surface area contributed by atoms with Crippen LogP contribution in [0.15, 0.2) is 30.7 Å². The highest BCUT2D eigenvalue weighted by molar-refractivity contribution is 6.30. The van der Waals surface area contributed by atoms with E-state index >= 15 is 0 Å². The fourth-order valence-electron chi connectivity index (χ4n) is 2.17. The SMILES string of the molecule is Cl.Clc1ccc2c(c1)CC/C2=C\c1cnc[nH]1. The molecule has 0 saturated heterocycles. The molecule has 88 valence electrons. The number of imidazole rings is 1. The van der Waals surface area contributed by atoms with E-state index in [1.807, 2.05) is 12.3 Å². The Kier molecular flexibility index (Phi) is 3.55. The molecule has 1 aromatic heterocycles. The minimum Gasteiger partial charge on any atom is -0.345 e. The number of halogens is 2. The van der Waals surface area contributed by atoms with Gasteiger partial charge in [0.1, 0.15) is 0 Å². The van der Waals surface area contributed by atoms with Crippen molar-refractivity contribution in [1.29, 1.82) is 0 Å². The van der Waals surface area contributed by atoms with Gasteiger partial charge in [0.2, 0.25) is 0 Å². The molecule has 2 aromatic rings. The van der Waals surface area contributed by atoms with Crippen LogP contribution in [-0.2, 0) is 6.42 Å². The van der Waals surface area contributed by atoms with Gasteiger partial charge in [0.25, 0.3) is 0 Å². The lowest BCUT2D eigenvalue weighted by atomic mass is 10.1. The van der Waals surface area contributed by atoms with E-state index in [9.17, 15) is 0 Å². The number of aromatic amines is 1. The molecule has 1 aliphatic rings. The van der Waals surface area contributed by atoms with Gasteiger partial charge in [-0.05, 0) is 47.8 Å². The van der Waals surface area contributed by atoms with E-state index in [0.29, 0.717) is 0 Å². The van der Waals surface area contributed by atoms with Crippen molar-refractivity contribution in [2.45, 2.75) is 12.8 Å². The number of benzene rings is 1. The molecule has 0 fully saturated rings. The monoisotopic (exact) mass is 266 g/mol. The van der Waals surface area contributed by atoms with Gasteiger partial charge >= 0.3 is 0 Å². The maximum Gasteiger partial charge on any atom is 0.0924 e. The van der Waals surface area contributed by atoms with Crippen LogP contribution in [0.3, 0.4) is 0 Å². The Morgan fingerprint density at radius 1 is 1.29 bits per heavy atom. The molecule has 0 atom stereocenters. The Balaban J connectivity index is 0.00000108. The van der Waals surface area contributed by atoms with Gasteiger partial charge < -0.3 is 4.98 Å². The third-order valence-corrected chi connectivity index (χ3v) is 3.16. The van der Waals surface area contributed by atoms with Crippen LogP contribution in [-0.4, -0.2) is 9.97 Å². The zero-order valence-electron chi connectivity index (χ0n) is 9.11. The molecule has 1 heterocycles. The highest BCUT2D eigenvalue weighted by Gasteiger charge is 2.16. The first-order valence-corrected chi connectivity index (χ1v) is 5.68. The molecule has 0 radical (unpaired) electrons. The number of allylic oxidation sites excluding steroid dienone is 1. The first kappa shape index (κ1) is 12.2. The summed E-state index contributed by atoms with van der Waals surface area (Å²) < 4.78 is 0. The molecule has 0 unspecified atom stereocenters. The number of rotatable bonds is 1. The molecular weight excluding hydrogens is 255 g/mol. The lowest BCUT2D eigenvalue weighted by Crippen LogP contribution is -1.80. The maximum absolute atomic E-state index is 5.98. The van der Waals surface area contributed by atoms with Crippen molar-refractivity contribution in [3.63, 3.8) is 0 Å². The van der Waals surface area contributed by atoms with Crippen molar-refractivity contribution in [1.82, 2.24) is 9.97 Å². The first-order valence-electron chi connectivity index (χ1n) is 5.31. The van der Waals surface area contributed by atoms with E-state index in [1.54, 1.807) is 6.33 Å². The average Bonchev–Trinajstić information content (AvgIpc) is 2.89. The third kappa shape index (κ3) is 2.38. The van der Waals surface area contributed by atoms with E-state index < -0.39 is 0 Å². The van der Waals surface area contributed by atoms with E-state index in [2.05, 4.69) is 28.2 Å². The summed E-state index contributed by atoms with van der Waals surface area (Å²) >= 11 is 5.98. The number of fused-ring (bicyclic) bond motifs is 1. The molecule has 0 saturated carbocycles. The van der Waals surface area contributed by atoms with Gasteiger partial charge in [-0.25, -0.2) is 4.98 Å². The van der Waals surface area contributed by atoms with Gasteiger partial charge in [0, 0.05) is 5.02 Å². The van der Waals surface area contributed by atoms with E-state index in [4.69, 9.17) is 11.6 Å². The minimum atomic E-state index is 0. The number of nitrogens with zero attached hydrogens (tertiary/aromatic N) is 1. The van der Waals surface area contributed by atoms with Crippen LogP contribution in [0, 0.1) is 0 Å². The fourth-order valence-corrected chi connectivity index (χ4v) is 2.36. The fraction of sp³-hybridized carbons (Fsp3) is 0.154. The van der Waals surface area contributed by atoms with Crippen LogP contribution in [0.25, 0.3) is 11.6 Å². The van der Waals surface area contributed by atoms with E-state index in [0.717, 1.165) is 23.6 Å². The predicted molar refractivity (Wildman–Crippen MR) is 73.5 cm³/mol. The predicted octanol–water partition coefficient (Wildman–Crippen LogP) is 3.97. The lowest BCUT2D eigenvalue weighted by Gasteiger charge is -2.00. The normalized spacial score (nSPS) is 15.7. The number of hydrogen-bond acceptors (Lipinski definition) is 1. The van der Waals surface area contributed by atoms with Crippen LogP contribution in [0.2, 0.25) is 5.02 Å². The molecule has 2 nitrogen and oxygen atoms in total. The maximum atomic E-state index is 5.98. The smallest absolute Gasteiger partial charge is 0.0924 e. The highest BCUT2D eigenvalue weighted by Crippen LogP contribution is 2.34. The van der Waals surface area contributed by atoms with Crippen molar-refractivity contribution in [3.8, 4) is 0 Å². The van der Waals surface area contributed by atoms with E-state index in [-0.39, 0.29) is 12.4 Å². The van der Waals surface area contributed by atoms with Crippen molar-refractivity contribution in [2.75, 3.05) is 0 Å². The van der Waals surface area contributed by atoms with Crippen LogP contribution < -0.4 is 0 Å². The second-order valence-corrected chi connectivity index (χ2v) is 4.41. The summed E-state index contributed by atoms with van der Waals surface area (Å²) in [5.74, 6) is 0. The number of aryl methyl sites for hydroxylation is 1. The van der Waals surface area contributed by atoms with Gasteiger partial charge in [-0.15, -0.1) is 12.4 Å². The second kappa shape index (κ2) is 4.94. The molecule has 1 aliphatic carbocycles. The summed E-state index contributed by atoms with van der Waals surface area (Å²) in [5.41, 5.74) is 5.07. The van der Waals surface area contributed by atoms with Crippen molar-refractivity contribution in [2.24, 2.45) is 0 Å². The number of nitrogens with one attached hydrogen (secondary N) is 1. The van der Waals surface area contributed by atoms with Gasteiger partial charge in [0.15, 0.2) is 0 Å². The Bertz CT molecular complexity index is 545. The molecule has 0 amide bonds. The zero-order chi connectivity index (χ0) is 11.0. The van der Waals surface area contributed by atoms with Gasteiger partial charge in [0.05, 0.1) is 18.2 Å². The number of H-pyrrole nitrogens is 1. The van der Waals surface area contributed by atoms with Gasteiger partial charge in [-0.1, -0.05) is 17.7 Å². The molecule has 1 N–H and O–H groups in total. The Morgan fingerprint density at radius 2 is 2.18 bits per heavy atom. The Labute approximate surface area is 111 Å². The molecule has 17 heavy (non-hydrogen) atoms. The molecule has 0 aliphatic heterocycles. The third-order valence-electron chi connectivity index (χ3n) is 2.93. The summed E-state index contributed by atoms with van der Waals surface area (Å²) in [6.45, 7) is 0. The molecule has 4 heteroatoms. The number of hydrogen-bond donors (Lipinski definition) is 1. The first-order chi connectivity index (χ1) is 7.83. The summed E-state index contributed by atoms with van der Waals surface area (Å²) in [5, 5.41) is 0.821. The largest absolute Gasteiger partial charge is 0.345 e. The van der Waals surface area contributed by atoms with Crippen LogP contribution in [0.4, 0.5) is 0 Å². The summed E-state index contributed by atoms with van der Waals surface area (Å²) in [7, 11) is 0. The molecule has 3 rings (SSSR count). The molecule has 0 spiro atoms. The average molecular weight is 267 g/mol. The van der Waals surface area contributed by atoms with Crippen molar-refractivity contribution < 1.29 is 0 Å². The van der Waals surface area contributed by atoms with Gasteiger partial charge in [-0.3, -0.25) is 0 Å². The standard InChI is InChI=1S/C13H11ClN2.ClH/c14-11-3-4-13-9(5-11)1-2-10(13)6-12-7-15-8-16-12;/h3-8H,1-2H2,(H,15,16);1H/b10-6+;. The number of aromatic nitrogens is 2. The minimum absolute atomic E-state index is 0.